The van der Waals surface area contributed by atoms with Gasteiger partial charge < -0.3 is 9.30 Å². The fourth-order valence-electron chi connectivity index (χ4n) is 3.54. The van der Waals surface area contributed by atoms with Gasteiger partial charge in [-0.2, -0.15) is 0 Å². The first-order valence-electron chi connectivity index (χ1n) is 10.4. The molecule has 0 saturated carbocycles. The smallest absolute Gasteiger partial charge is 0.355 e. The van der Waals surface area contributed by atoms with Crippen molar-refractivity contribution in [3.05, 3.63) is 22.7 Å². The lowest BCUT2D eigenvalue weighted by molar-refractivity contribution is 0.0514. The van der Waals surface area contributed by atoms with E-state index in [-0.39, 0.29) is 5.97 Å². The summed E-state index contributed by atoms with van der Waals surface area (Å²) >= 11 is 1.75. The van der Waals surface area contributed by atoms with Crippen molar-refractivity contribution in [3.8, 4) is 0 Å². The summed E-state index contributed by atoms with van der Waals surface area (Å²) in [4.78, 5) is 13.6. The van der Waals surface area contributed by atoms with Crippen molar-refractivity contribution in [3.63, 3.8) is 0 Å². The van der Waals surface area contributed by atoms with Gasteiger partial charge in [0, 0.05) is 11.4 Å². The highest BCUT2D eigenvalue weighted by Gasteiger charge is 2.17. The highest BCUT2D eigenvalue weighted by atomic mass is 32.1. The third-order valence-electron chi connectivity index (χ3n) is 4.93. The molecule has 0 aliphatic heterocycles. The highest BCUT2D eigenvalue weighted by molar-refractivity contribution is 7.19. The number of aryl methyl sites for hydroxylation is 2. The van der Waals surface area contributed by atoms with Gasteiger partial charge in [0.25, 0.3) is 0 Å². The lowest BCUT2D eigenvalue weighted by Crippen LogP contribution is -2.12. The molecular weight excluding hydrogens is 342 g/mol. The molecule has 2 heterocycles. The van der Waals surface area contributed by atoms with Gasteiger partial charge in [-0.1, -0.05) is 64.7 Å². The van der Waals surface area contributed by atoms with Crippen LogP contribution < -0.4 is 0 Å². The third-order valence-corrected chi connectivity index (χ3v) is 5.92. The Morgan fingerprint density at radius 3 is 2.19 bits per heavy atom. The van der Waals surface area contributed by atoms with Crippen LogP contribution in [0.1, 0.15) is 93.4 Å². The zero-order valence-corrected chi connectivity index (χ0v) is 17.6. The first kappa shape index (κ1) is 21.0. The predicted molar refractivity (Wildman–Crippen MR) is 112 cm³/mol. The van der Waals surface area contributed by atoms with Crippen LogP contribution in [0.5, 0.6) is 0 Å². The first-order valence-corrected chi connectivity index (χ1v) is 11.3. The summed E-state index contributed by atoms with van der Waals surface area (Å²) in [6, 6.07) is 4.19. The van der Waals surface area contributed by atoms with Crippen LogP contribution >= 0.6 is 11.3 Å². The molecule has 0 amide bonds. The van der Waals surface area contributed by atoms with Crippen LogP contribution in [0.15, 0.2) is 12.1 Å². The number of aromatic nitrogens is 1. The zero-order chi connectivity index (χ0) is 18.8. The minimum atomic E-state index is -0.194. The van der Waals surface area contributed by atoms with Crippen LogP contribution in [-0.2, 0) is 11.3 Å². The molecule has 0 spiro atoms. The van der Waals surface area contributed by atoms with E-state index in [1.165, 1.54) is 72.9 Å². The Morgan fingerprint density at radius 2 is 1.58 bits per heavy atom. The number of esters is 1. The van der Waals surface area contributed by atoms with E-state index in [1.807, 2.05) is 13.0 Å². The minimum Gasteiger partial charge on any atom is -0.461 e. The van der Waals surface area contributed by atoms with E-state index in [9.17, 15) is 4.79 Å². The summed E-state index contributed by atoms with van der Waals surface area (Å²) in [7, 11) is 0. The number of rotatable bonds is 13. The molecule has 0 aliphatic carbocycles. The number of ether oxygens (including phenoxy) is 1. The van der Waals surface area contributed by atoms with E-state index in [0.717, 1.165) is 13.0 Å². The Morgan fingerprint density at radius 1 is 0.962 bits per heavy atom. The van der Waals surface area contributed by atoms with Crippen LogP contribution in [-0.4, -0.2) is 17.1 Å². The van der Waals surface area contributed by atoms with Gasteiger partial charge in [-0.05, 0) is 32.4 Å². The summed E-state index contributed by atoms with van der Waals surface area (Å²) in [5.41, 5.74) is 1.90. The molecule has 0 saturated heterocycles. The van der Waals surface area contributed by atoms with E-state index in [0.29, 0.717) is 12.3 Å². The summed E-state index contributed by atoms with van der Waals surface area (Å²) in [6.45, 7) is 7.59. The Balaban J connectivity index is 1.78. The predicted octanol–water partition coefficient (Wildman–Crippen LogP) is 7.11. The number of thiophene rings is 1. The molecule has 2 aromatic rings. The second-order valence-electron chi connectivity index (χ2n) is 7.19. The number of hydrogen-bond acceptors (Lipinski definition) is 3. The number of hydrogen-bond donors (Lipinski definition) is 0. The highest BCUT2D eigenvalue weighted by Crippen LogP contribution is 2.29. The topological polar surface area (TPSA) is 31.2 Å². The molecule has 3 nitrogen and oxygen atoms in total. The maximum atomic E-state index is 12.3. The molecule has 0 fully saturated rings. The molecule has 0 N–H and O–H groups in total. The maximum absolute atomic E-state index is 12.3. The van der Waals surface area contributed by atoms with Crippen molar-refractivity contribution in [2.24, 2.45) is 0 Å². The molecule has 0 atom stereocenters. The molecule has 26 heavy (non-hydrogen) atoms. The number of carbonyl (C=O) groups is 1. The lowest BCUT2D eigenvalue weighted by atomic mass is 10.1. The average molecular weight is 378 g/mol. The fourth-order valence-corrected chi connectivity index (χ4v) is 4.50. The van der Waals surface area contributed by atoms with Gasteiger partial charge in [0.15, 0.2) is 0 Å². The van der Waals surface area contributed by atoms with Gasteiger partial charge >= 0.3 is 5.97 Å². The van der Waals surface area contributed by atoms with Gasteiger partial charge in [-0.3, -0.25) is 0 Å². The van der Waals surface area contributed by atoms with Crippen LogP contribution in [0, 0.1) is 6.92 Å². The van der Waals surface area contributed by atoms with Crippen molar-refractivity contribution in [1.82, 2.24) is 4.57 Å². The van der Waals surface area contributed by atoms with E-state index in [2.05, 4.69) is 24.5 Å². The molecular formula is C22H35NO2S. The molecule has 0 aliphatic rings. The third kappa shape index (κ3) is 6.15. The van der Waals surface area contributed by atoms with E-state index in [1.54, 1.807) is 11.3 Å². The average Bonchev–Trinajstić information content (AvgIpc) is 3.13. The number of unbranched alkanes of at least 4 members (excludes halogenated alkanes) is 9. The Bertz CT molecular complexity index is 671. The van der Waals surface area contributed by atoms with Crippen LogP contribution in [0.25, 0.3) is 10.2 Å². The fraction of sp³-hybridized carbons (Fsp3) is 0.682. The van der Waals surface area contributed by atoms with Gasteiger partial charge in [-0.15, -0.1) is 11.3 Å². The second kappa shape index (κ2) is 11.4. The number of fused-ring (bicyclic) bond motifs is 1. The van der Waals surface area contributed by atoms with Crippen molar-refractivity contribution in [2.45, 2.75) is 91.5 Å². The first-order chi connectivity index (χ1) is 12.7. The number of nitrogens with zero attached hydrogens (tertiary/aromatic N) is 1. The summed E-state index contributed by atoms with van der Waals surface area (Å²) < 4.78 is 8.60. The Kier molecular flexibility index (Phi) is 9.24. The molecule has 2 rings (SSSR count). The molecule has 0 radical (unpaired) electrons. The van der Waals surface area contributed by atoms with E-state index < -0.39 is 0 Å². The number of carbonyl (C=O) groups excluding carboxylic acids is 1. The Labute approximate surface area is 162 Å². The Hall–Kier alpha value is -1.29. The molecule has 146 valence electrons. The molecule has 0 aromatic carbocycles. The van der Waals surface area contributed by atoms with E-state index >= 15 is 0 Å². The molecule has 0 unspecified atom stereocenters. The SMILES string of the molecule is CCCCCCCCCCCCn1c(C(=O)OCC)cc2sc(C)cc21. The van der Waals surface area contributed by atoms with Crippen molar-refractivity contribution < 1.29 is 9.53 Å². The maximum Gasteiger partial charge on any atom is 0.355 e. The normalized spacial score (nSPS) is 11.3. The van der Waals surface area contributed by atoms with Crippen molar-refractivity contribution in [2.75, 3.05) is 6.61 Å². The minimum absolute atomic E-state index is 0.194. The van der Waals surface area contributed by atoms with Gasteiger partial charge in [0.1, 0.15) is 5.69 Å². The van der Waals surface area contributed by atoms with Gasteiger partial charge in [0.05, 0.1) is 16.8 Å². The second-order valence-corrected chi connectivity index (χ2v) is 8.48. The summed E-state index contributed by atoms with van der Waals surface area (Å²) in [5.74, 6) is -0.194. The largest absolute Gasteiger partial charge is 0.461 e. The van der Waals surface area contributed by atoms with E-state index in [4.69, 9.17) is 4.74 Å². The standard InChI is InChI=1S/C22H35NO2S/c1-4-6-7-8-9-10-11-12-13-14-15-23-19-16-18(3)26-21(19)17-20(23)22(24)25-5-2/h16-17H,4-15H2,1-3H3. The van der Waals surface area contributed by atoms with Crippen molar-refractivity contribution >= 4 is 27.5 Å². The lowest BCUT2D eigenvalue weighted by Gasteiger charge is -2.10. The van der Waals surface area contributed by atoms with Crippen molar-refractivity contribution in [1.29, 1.82) is 0 Å². The van der Waals surface area contributed by atoms with Gasteiger partial charge in [0.2, 0.25) is 0 Å². The van der Waals surface area contributed by atoms with Crippen LogP contribution in [0.2, 0.25) is 0 Å². The summed E-state index contributed by atoms with van der Waals surface area (Å²) in [5, 5.41) is 0. The van der Waals surface area contributed by atoms with Gasteiger partial charge in [-0.25, -0.2) is 4.79 Å². The quantitative estimate of drug-likeness (QED) is 0.275. The zero-order valence-electron chi connectivity index (χ0n) is 16.8. The molecule has 4 heteroatoms. The summed E-state index contributed by atoms with van der Waals surface area (Å²) in [6.07, 6.45) is 13.3. The molecule has 2 aromatic heterocycles. The molecule has 0 bridgehead atoms. The van der Waals surface area contributed by atoms with Crippen LogP contribution in [0.4, 0.5) is 0 Å². The van der Waals surface area contributed by atoms with Crippen LogP contribution in [0.3, 0.4) is 0 Å². The monoisotopic (exact) mass is 377 g/mol.